The van der Waals surface area contributed by atoms with E-state index >= 15 is 0 Å². The number of pyridine rings is 1. The number of nitrogens with zero attached hydrogens (tertiary/aromatic N) is 3. The van der Waals surface area contributed by atoms with Crippen LogP contribution in [0.5, 0.6) is 5.75 Å². The van der Waals surface area contributed by atoms with Gasteiger partial charge < -0.3 is 15.2 Å². The van der Waals surface area contributed by atoms with Crippen molar-refractivity contribution in [3.63, 3.8) is 0 Å². The molecule has 0 aliphatic carbocycles. The molecule has 7 heteroatoms. The third kappa shape index (κ3) is 3.29. The lowest BCUT2D eigenvalue weighted by molar-refractivity contribution is 0.102. The minimum absolute atomic E-state index is 0.160. The van der Waals surface area contributed by atoms with E-state index in [0.717, 1.165) is 0 Å². The fourth-order valence-corrected chi connectivity index (χ4v) is 1.51. The number of hydrogen-bond donors (Lipinski definition) is 2. The predicted molar refractivity (Wildman–Crippen MR) is 68.0 cm³/mol. The quantitative estimate of drug-likeness (QED) is 0.835. The molecule has 2 aromatic heterocycles. The van der Waals surface area contributed by atoms with Crippen LogP contribution in [0.15, 0.2) is 30.9 Å². The molecule has 0 aromatic carbocycles. The molecule has 7 nitrogen and oxygen atoms in total. The van der Waals surface area contributed by atoms with Crippen LogP contribution in [0.25, 0.3) is 0 Å². The molecule has 0 radical (unpaired) electrons. The standard InChI is InChI=1S/C12H14N4O3/c1-19-5-4-16-8-9(6-14-16)15-12(18)10-2-3-13-7-11(10)17/h2-3,6-8,17H,4-5H2,1H3,(H,15,18). The summed E-state index contributed by atoms with van der Waals surface area (Å²) in [5.41, 5.74) is 0.719. The van der Waals surface area contributed by atoms with Crippen molar-refractivity contribution < 1.29 is 14.6 Å². The van der Waals surface area contributed by atoms with Gasteiger partial charge in [0.1, 0.15) is 5.75 Å². The third-order valence-corrected chi connectivity index (χ3v) is 2.46. The molecular formula is C12H14N4O3. The van der Waals surface area contributed by atoms with Gasteiger partial charge in [-0.05, 0) is 6.07 Å². The average Bonchev–Trinajstić information content (AvgIpc) is 2.84. The van der Waals surface area contributed by atoms with Crippen molar-refractivity contribution >= 4 is 11.6 Å². The van der Waals surface area contributed by atoms with E-state index < -0.39 is 5.91 Å². The highest BCUT2D eigenvalue weighted by Gasteiger charge is 2.11. The second kappa shape index (κ2) is 5.96. The first-order valence-electron chi connectivity index (χ1n) is 5.66. The molecule has 0 fully saturated rings. The Kier molecular flexibility index (Phi) is 4.09. The Hall–Kier alpha value is -2.41. The molecule has 0 spiro atoms. The smallest absolute Gasteiger partial charge is 0.259 e. The summed E-state index contributed by atoms with van der Waals surface area (Å²) in [5.74, 6) is -0.571. The maximum atomic E-state index is 11.9. The number of anilines is 1. The molecule has 2 rings (SSSR count). The molecule has 2 N–H and O–H groups in total. The van der Waals surface area contributed by atoms with Crippen molar-refractivity contribution in [1.82, 2.24) is 14.8 Å². The Balaban J connectivity index is 2.03. The van der Waals surface area contributed by atoms with E-state index in [0.29, 0.717) is 18.8 Å². The van der Waals surface area contributed by atoms with E-state index in [1.807, 2.05) is 0 Å². The van der Waals surface area contributed by atoms with E-state index in [1.165, 1.54) is 24.7 Å². The Bertz CT molecular complexity index is 568. The second-order valence-corrected chi connectivity index (χ2v) is 3.83. The topological polar surface area (TPSA) is 89.3 Å². The zero-order valence-corrected chi connectivity index (χ0v) is 10.4. The number of hydrogen-bond acceptors (Lipinski definition) is 5. The van der Waals surface area contributed by atoms with Crippen molar-refractivity contribution in [3.8, 4) is 5.75 Å². The number of nitrogens with one attached hydrogen (secondary N) is 1. The lowest BCUT2D eigenvalue weighted by Crippen LogP contribution is -2.11. The number of carbonyl (C=O) groups excluding carboxylic acids is 1. The SMILES string of the molecule is COCCn1cc(NC(=O)c2ccncc2O)cn1. The molecule has 0 saturated carbocycles. The van der Waals surface area contributed by atoms with Crippen molar-refractivity contribution in [1.29, 1.82) is 0 Å². The van der Waals surface area contributed by atoms with Crippen LogP contribution in [0.1, 0.15) is 10.4 Å². The fourth-order valence-electron chi connectivity index (χ4n) is 1.51. The predicted octanol–water partition coefficient (Wildman–Crippen LogP) is 0.882. The normalized spacial score (nSPS) is 10.4. The first kappa shape index (κ1) is 13.0. The summed E-state index contributed by atoms with van der Waals surface area (Å²) in [6.45, 7) is 1.15. The van der Waals surface area contributed by atoms with Gasteiger partial charge in [-0.1, -0.05) is 0 Å². The number of aromatic hydroxyl groups is 1. The Labute approximate surface area is 109 Å². The monoisotopic (exact) mass is 262 g/mol. The molecule has 100 valence electrons. The maximum absolute atomic E-state index is 11.9. The molecule has 0 aliphatic heterocycles. The van der Waals surface area contributed by atoms with Crippen molar-refractivity contribution in [3.05, 3.63) is 36.4 Å². The lowest BCUT2D eigenvalue weighted by Gasteiger charge is -2.03. The van der Waals surface area contributed by atoms with E-state index in [2.05, 4.69) is 15.4 Å². The van der Waals surface area contributed by atoms with Gasteiger partial charge in [-0.25, -0.2) is 0 Å². The molecule has 0 bridgehead atoms. The van der Waals surface area contributed by atoms with Crippen LogP contribution in [0, 0.1) is 0 Å². The minimum atomic E-state index is -0.411. The van der Waals surface area contributed by atoms with Crippen LogP contribution in [-0.2, 0) is 11.3 Å². The molecule has 0 unspecified atom stereocenters. The number of carbonyl (C=O) groups is 1. The van der Waals surface area contributed by atoms with Gasteiger partial charge in [-0.2, -0.15) is 5.10 Å². The van der Waals surface area contributed by atoms with Gasteiger partial charge in [0.05, 0.1) is 36.8 Å². The van der Waals surface area contributed by atoms with Gasteiger partial charge in [0.25, 0.3) is 5.91 Å². The average molecular weight is 262 g/mol. The number of rotatable bonds is 5. The molecule has 1 amide bonds. The summed E-state index contributed by atoms with van der Waals surface area (Å²) in [6.07, 6.45) is 5.88. The molecule has 0 saturated heterocycles. The van der Waals surface area contributed by atoms with Crippen LogP contribution >= 0.6 is 0 Å². The Morgan fingerprint density at radius 3 is 3.11 bits per heavy atom. The highest BCUT2D eigenvalue weighted by atomic mass is 16.5. The van der Waals surface area contributed by atoms with Gasteiger partial charge in [0, 0.05) is 19.5 Å². The summed E-state index contributed by atoms with van der Waals surface area (Å²) in [6, 6.07) is 1.44. The minimum Gasteiger partial charge on any atom is -0.505 e. The van der Waals surface area contributed by atoms with Crippen LogP contribution in [0.3, 0.4) is 0 Å². The van der Waals surface area contributed by atoms with Gasteiger partial charge in [0.15, 0.2) is 0 Å². The maximum Gasteiger partial charge on any atom is 0.259 e. The molecule has 0 atom stereocenters. The van der Waals surface area contributed by atoms with Gasteiger partial charge in [0.2, 0.25) is 0 Å². The summed E-state index contributed by atoms with van der Waals surface area (Å²) in [5, 5.41) is 16.2. The highest BCUT2D eigenvalue weighted by Crippen LogP contribution is 2.16. The van der Waals surface area contributed by atoms with Crippen LogP contribution < -0.4 is 5.32 Å². The van der Waals surface area contributed by atoms with Crippen molar-refractivity contribution in [2.45, 2.75) is 6.54 Å². The van der Waals surface area contributed by atoms with Gasteiger partial charge in [-0.15, -0.1) is 0 Å². The molecular weight excluding hydrogens is 248 g/mol. The molecule has 0 aliphatic rings. The van der Waals surface area contributed by atoms with Gasteiger partial charge >= 0.3 is 0 Å². The van der Waals surface area contributed by atoms with Crippen LogP contribution in [0.4, 0.5) is 5.69 Å². The summed E-state index contributed by atoms with van der Waals surface area (Å²) >= 11 is 0. The van der Waals surface area contributed by atoms with E-state index in [9.17, 15) is 9.90 Å². The van der Waals surface area contributed by atoms with Crippen molar-refractivity contribution in [2.75, 3.05) is 19.0 Å². The summed E-state index contributed by atoms with van der Waals surface area (Å²) in [4.78, 5) is 15.6. The number of aromatic nitrogens is 3. The van der Waals surface area contributed by atoms with E-state index in [4.69, 9.17) is 4.74 Å². The second-order valence-electron chi connectivity index (χ2n) is 3.83. The Morgan fingerprint density at radius 1 is 1.53 bits per heavy atom. The summed E-state index contributed by atoms with van der Waals surface area (Å²) < 4.78 is 6.59. The highest BCUT2D eigenvalue weighted by molar-refractivity contribution is 6.05. The van der Waals surface area contributed by atoms with E-state index in [-0.39, 0.29) is 11.3 Å². The molecule has 2 aromatic rings. The fraction of sp³-hybridized carbons (Fsp3) is 0.250. The molecule has 19 heavy (non-hydrogen) atoms. The first-order chi connectivity index (χ1) is 9.20. The summed E-state index contributed by atoms with van der Waals surface area (Å²) in [7, 11) is 1.61. The van der Waals surface area contributed by atoms with E-state index in [1.54, 1.807) is 18.0 Å². The lowest BCUT2D eigenvalue weighted by atomic mass is 10.2. The Morgan fingerprint density at radius 2 is 2.37 bits per heavy atom. The number of methoxy groups -OCH3 is 1. The largest absolute Gasteiger partial charge is 0.505 e. The van der Waals surface area contributed by atoms with Gasteiger partial charge in [-0.3, -0.25) is 14.5 Å². The third-order valence-electron chi connectivity index (χ3n) is 2.46. The number of amides is 1. The zero-order valence-electron chi connectivity index (χ0n) is 10.4. The first-order valence-corrected chi connectivity index (χ1v) is 5.66. The van der Waals surface area contributed by atoms with Crippen LogP contribution in [0.2, 0.25) is 0 Å². The zero-order chi connectivity index (χ0) is 13.7. The number of ether oxygens (including phenoxy) is 1. The van der Waals surface area contributed by atoms with Crippen molar-refractivity contribution in [2.24, 2.45) is 0 Å². The molecule has 2 heterocycles. The van der Waals surface area contributed by atoms with Crippen LogP contribution in [-0.4, -0.2) is 39.5 Å².